The lowest BCUT2D eigenvalue weighted by atomic mass is 10.1. The first-order valence-electron chi connectivity index (χ1n) is 6.37. The van der Waals surface area contributed by atoms with E-state index >= 15 is 0 Å². The Morgan fingerprint density at radius 1 is 1.00 bits per heavy atom. The van der Waals surface area contributed by atoms with Crippen molar-refractivity contribution >= 4 is 17.3 Å². The third-order valence-corrected chi connectivity index (χ3v) is 3.18. The van der Waals surface area contributed by atoms with Crippen molar-refractivity contribution in [3.05, 3.63) is 58.9 Å². The highest BCUT2D eigenvalue weighted by Gasteiger charge is 2.10. The Hall–Kier alpha value is -2.36. The van der Waals surface area contributed by atoms with Gasteiger partial charge >= 0.3 is 0 Å². The predicted octanol–water partition coefficient (Wildman–Crippen LogP) is 3.74. The van der Waals surface area contributed by atoms with Crippen molar-refractivity contribution < 1.29 is 9.18 Å². The Morgan fingerprint density at radius 3 is 2.25 bits per heavy atom. The lowest BCUT2D eigenvalue weighted by Crippen LogP contribution is -2.13. The highest BCUT2D eigenvalue weighted by atomic mass is 19.1. The number of amides is 1. The molecule has 0 spiro atoms. The normalized spacial score (nSPS) is 10.2. The van der Waals surface area contributed by atoms with Gasteiger partial charge in [0.25, 0.3) is 5.91 Å². The van der Waals surface area contributed by atoms with Gasteiger partial charge in [-0.25, -0.2) is 4.39 Å². The maximum Gasteiger partial charge on any atom is 0.255 e. The van der Waals surface area contributed by atoms with Crippen LogP contribution in [0, 0.1) is 19.7 Å². The van der Waals surface area contributed by atoms with Crippen LogP contribution in [0.15, 0.2) is 36.4 Å². The molecule has 0 aliphatic heterocycles. The first-order chi connectivity index (χ1) is 9.51. The number of hydrogen-bond acceptors (Lipinski definition) is 2. The van der Waals surface area contributed by atoms with Gasteiger partial charge in [0.05, 0.1) is 0 Å². The zero-order chi connectivity index (χ0) is 14.7. The molecule has 2 aromatic rings. The lowest BCUT2D eigenvalue weighted by Gasteiger charge is -2.10. The second-order valence-corrected chi connectivity index (χ2v) is 4.70. The highest BCUT2D eigenvalue weighted by molar-refractivity contribution is 6.05. The Balaban J connectivity index is 2.21. The fourth-order valence-corrected chi connectivity index (χ4v) is 1.99. The van der Waals surface area contributed by atoms with E-state index in [1.807, 2.05) is 26.1 Å². The van der Waals surface area contributed by atoms with Crippen molar-refractivity contribution in [2.75, 3.05) is 17.7 Å². The molecule has 0 radical (unpaired) electrons. The molecular weight excluding hydrogens is 255 g/mol. The quantitative estimate of drug-likeness (QED) is 0.893. The van der Waals surface area contributed by atoms with E-state index in [0.29, 0.717) is 16.8 Å². The molecule has 0 unspecified atom stereocenters. The molecule has 0 atom stereocenters. The number of nitrogens with one attached hydrogen (secondary N) is 2. The predicted molar refractivity (Wildman–Crippen MR) is 79.8 cm³/mol. The van der Waals surface area contributed by atoms with Crippen LogP contribution in [0.25, 0.3) is 0 Å². The van der Waals surface area contributed by atoms with Gasteiger partial charge in [0.2, 0.25) is 0 Å². The van der Waals surface area contributed by atoms with Crippen LogP contribution in [-0.2, 0) is 0 Å². The van der Waals surface area contributed by atoms with Crippen LogP contribution in [0.5, 0.6) is 0 Å². The molecule has 1 amide bonds. The second kappa shape index (κ2) is 5.74. The summed E-state index contributed by atoms with van der Waals surface area (Å²) >= 11 is 0. The number of hydrogen-bond donors (Lipinski definition) is 2. The van der Waals surface area contributed by atoms with Gasteiger partial charge in [-0.2, -0.15) is 0 Å². The van der Waals surface area contributed by atoms with Crippen LogP contribution in [0.1, 0.15) is 21.5 Å². The van der Waals surface area contributed by atoms with Crippen LogP contribution in [0.3, 0.4) is 0 Å². The number of anilines is 2. The second-order valence-electron chi connectivity index (χ2n) is 4.70. The number of carbonyl (C=O) groups is 1. The van der Waals surface area contributed by atoms with Crippen LogP contribution in [0.2, 0.25) is 0 Å². The zero-order valence-corrected chi connectivity index (χ0v) is 11.8. The molecule has 4 heteroatoms. The van der Waals surface area contributed by atoms with Gasteiger partial charge in [-0.3, -0.25) is 4.79 Å². The SMILES string of the molecule is CNc1ccc(C(=O)Nc2ccc(F)c(C)c2)c(C)c1. The van der Waals surface area contributed by atoms with Gasteiger partial charge in [0, 0.05) is 24.0 Å². The molecule has 0 aliphatic rings. The first-order valence-corrected chi connectivity index (χ1v) is 6.37. The van der Waals surface area contributed by atoms with Gasteiger partial charge < -0.3 is 10.6 Å². The van der Waals surface area contributed by atoms with Gasteiger partial charge in [0.1, 0.15) is 5.82 Å². The molecule has 3 nitrogen and oxygen atoms in total. The molecular formula is C16H17FN2O. The summed E-state index contributed by atoms with van der Waals surface area (Å²) in [5.74, 6) is -0.478. The summed E-state index contributed by atoms with van der Waals surface area (Å²) in [5, 5.41) is 5.80. The molecule has 0 saturated heterocycles. The topological polar surface area (TPSA) is 41.1 Å². The summed E-state index contributed by atoms with van der Waals surface area (Å²) in [7, 11) is 1.83. The fourth-order valence-electron chi connectivity index (χ4n) is 1.99. The van der Waals surface area contributed by atoms with Crippen molar-refractivity contribution in [3.8, 4) is 0 Å². The van der Waals surface area contributed by atoms with Gasteiger partial charge in [-0.15, -0.1) is 0 Å². The minimum Gasteiger partial charge on any atom is -0.388 e. The molecule has 0 fully saturated rings. The molecule has 2 aromatic carbocycles. The number of rotatable bonds is 3. The first kappa shape index (κ1) is 14.1. The van der Waals surface area contributed by atoms with E-state index in [0.717, 1.165) is 11.3 Å². The lowest BCUT2D eigenvalue weighted by molar-refractivity contribution is 0.102. The highest BCUT2D eigenvalue weighted by Crippen LogP contribution is 2.18. The molecule has 104 valence electrons. The summed E-state index contributed by atoms with van der Waals surface area (Å²) in [6.07, 6.45) is 0. The smallest absolute Gasteiger partial charge is 0.255 e. The van der Waals surface area contributed by atoms with Crippen LogP contribution in [0.4, 0.5) is 15.8 Å². The van der Waals surface area contributed by atoms with Gasteiger partial charge in [-0.05, 0) is 61.4 Å². The molecule has 2 rings (SSSR count). The van der Waals surface area contributed by atoms with E-state index in [-0.39, 0.29) is 11.7 Å². The standard InChI is InChI=1S/C16H17FN2O/c1-10-8-12(18-3)4-6-14(10)16(20)19-13-5-7-15(17)11(2)9-13/h4-9,18H,1-3H3,(H,19,20). The van der Waals surface area contributed by atoms with E-state index in [9.17, 15) is 9.18 Å². The largest absolute Gasteiger partial charge is 0.388 e. The number of carbonyl (C=O) groups excluding carboxylic acids is 1. The van der Waals surface area contributed by atoms with E-state index in [1.165, 1.54) is 6.07 Å². The van der Waals surface area contributed by atoms with Crippen molar-refractivity contribution in [1.29, 1.82) is 0 Å². The van der Waals surface area contributed by atoms with Gasteiger partial charge in [-0.1, -0.05) is 0 Å². The van der Waals surface area contributed by atoms with E-state index in [4.69, 9.17) is 0 Å². The number of benzene rings is 2. The summed E-state index contributed by atoms with van der Waals surface area (Å²) in [6, 6.07) is 10.0. The summed E-state index contributed by atoms with van der Waals surface area (Å²) < 4.78 is 13.2. The Labute approximate surface area is 117 Å². The number of halogens is 1. The molecule has 0 aromatic heterocycles. The van der Waals surface area contributed by atoms with E-state index in [2.05, 4.69) is 10.6 Å². The third kappa shape index (κ3) is 2.96. The third-order valence-electron chi connectivity index (χ3n) is 3.18. The molecule has 0 aliphatic carbocycles. The van der Waals surface area contributed by atoms with Crippen LogP contribution < -0.4 is 10.6 Å². The van der Waals surface area contributed by atoms with Crippen molar-refractivity contribution in [1.82, 2.24) is 0 Å². The Kier molecular flexibility index (Phi) is 4.03. The Bertz CT molecular complexity index is 653. The molecule has 2 N–H and O–H groups in total. The summed E-state index contributed by atoms with van der Waals surface area (Å²) in [5.41, 5.74) is 3.53. The fraction of sp³-hybridized carbons (Fsp3) is 0.188. The molecule has 0 heterocycles. The number of aryl methyl sites for hydroxylation is 2. The maximum absolute atomic E-state index is 13.2. The van der Waals surface area contributed by atoms with Gasteiger partial charge in [0.15, 0.2) is 0 Å². The molecule has 0 saturated carbocycles. The minimum absolute atomic E-state index is 0.198. The minimum atomic E-state index is -0.280. The van der Waals surface area contributed by atoms with E-state index < -0.39 is 0 Å². The van der Waals surface area contributed by atoms with Crippen molar-refractivity contribution in [3.63, 3.8) is 0 Å². The monoisotopic (exact) mass is 272 g/mol. The van der Waals surface area contributed by atoms with Crippen LogP contribution in [-0.4, -0.2) is 13.0 Å². The van der Waals surface area contributed by atoms with Crippen molar-refractivity contribution in [2.45, 2.75) is 13.8 Å². The Morgan fingerprint density at radius 2 is 1.65 bits per heavy atom. The maximum atomic E-state index is 13.2. The summed E-state index contributed by atoms with van der Waals surface area (Å²) in [6.45, 7) is 3.55. The molecule has 20 heavy (non-hydrogen) atoms. The van der Waals surface area contributed by atoms with Crippen LogP contribution >= 0.6 is 0 Å². The zero-order valence-electron chi connectivity index (χ0n) is 11.8. The average Bonchev–Trinajstić information content (AvgIpc) is 2.42. The van der Waals surface area contributed by atoms with Crippen molar-refractivity contribution in [2.24, 2.45) is 0 Å². The molecule has 0 bridgehead atoms. The summed E-state index contributed by atoms with van der Waals surface area (Å²) in [4.78, 5) is 12.2. The van der Waals surface area contributed by atoms with E-state index in [1.54, 1.807) is 25.1 Å². The average molecular weight is 272 g/mol.